The van der Waals surface area contributed by atoms with Crippen molar-refractivity contribution in [3.05, 3.63) is 48.6 Å². The van der Waals surface area contributed by atoms with Gasteiger partial charge in [0.2, 0.25) is 0 Å². The van der Waals surface area contributed by atoms with E-state index < -0.39 is 11.9 Å². The van der Waals surface area contributed by atoms with Crippen molar-refractivity contribution in [1.82, 2.24) is 9.80 Å². The minimum atomic E-state index is -1.17. The van der Waals surface area contributed by atoms with E-state index >= 15 is 0 Å². The number of hydrogen-bond acceptors (Lipinski definition) is 10. The van der Waals surface area contributed by atoms with Crippen LogP contribution in [0.1, 0.15) is 27.7 Å². The second kappa shape index (κ2) is 26.3. The summed E-state index contributed by atoms with van der Waals surface area (Å²) in [6, 6.07) is 0. The van der Waals surface area contributed by atoms with E-state index in [1.807, 2.05) is 52.1 Å². The van der Waals surface area contributed by atoms with Gasteiger partial charge in [-0.15, -0.1) is 0 Å². The number of carboxylic acid groups (broad SMARTS) is 1. The molecule has 0 aliphatic carbocycles. The quantitative estimate of drug-likeness (QED) is 0.104. The predicted molar refractivity (Wildman–Crippen MR) is 183 cm³/mol. The molecule has 272 valence electrons. The van der Waals surface area contributed by atoms with Crippen LogP contribution in [0.2, 0.25) is 0 Å². The summed E-state index contributed by atoms with van der Waals surface area (Å²) in [6.07, 6.45) is 0. The minimum absolute atomic E-state index is 0. The fourth-order valence-corrected chi connectivity index (χ4v) is 2.89. The van der Waals surface area contributed by atoms with E-state index in [4.69, 9.17) is 24.8 Å². The number of nitrogens with zero attached hydrogens (tertiary/aromatic N) is 4. The highest BCUT2D eigenvalue weighted by Gasteiger charge is 2.51. The van der Waals surface area contributed by atoms with Gasteiger partial charge in [-0.25, -0.2) is 14.4 Å². The van der Waals surface area contributed by atoms with E-state index in [1.54, 1.807) is 34.9 Å². The maximum absolute atomic E-state index is 11.3. The number of aliphatic hydroxyl groups is 3. The highest BCUT2D eigenvalue weighted by Crippen LogP contribution is 2.31. The molecular weight excluding hydrogens is 600 g/mol. The molecule has 46 heavy (non-hydrogen) atoms. The average molecular weight is 667 g/mol. The Morgan fingerprint density at radius 1 is 0.870 bits per heavy atom. The zero-order valence-corrected chi connectivity index (χ0v) is 30.6. The number of ether oxygens (including phenoxy) is 2. The van der Waals surface area contributed by atoms with Gasteiger partial charge in [0.15, 0.2) is 0 Å². The molecule has 0 aromatic rings. The number of carbonyl (C=O) groups is 3. The highest BCUT2D eigenvalue weighted by atomic mass is 16.7. The average Bonchev–Trinajstić information content (AvgIpc) is 3.17. The SMILES string of the molecule is C=C(C)C(=O)O.C=C(C)C(=O)OCCN(C)C.C=C(C)C(=O)[N+](C)(C)CCO.C=C(C)C1(O)OCC[N+]1(C)C.CN(C)CCO.O. The fraction of sp³-hybridized carbons (Fsp3) is 0.656. The maximum Gasteiger partial charge on any atom is 0.340 e. The Bertz CT molecular complexity index is 951. The summed E-state index contributed by atoms with van der Waals surface area (Å²) in [7, 11) is 15.1. The summed E-state index contributed by atoms with van der Waals surface area (Å²) in [4.78, 5) is 35.6. The first-order valence-electron chi connectivity index (χ1n) is 14.4. The molecule has 0 bridgehead atoms. The molecule has 1 heterocycles. The molecule has 6 N–H and O–H groups in total. The highest BCUT2D eigenvalue weighted by molar-refractivity contribution is 5.87. The molecule has 0 spiro atoms. The van der Waals surface area contributed by atoms with Crippen LogP contribution in [0.3, 0.4) is 0 Å². The van der Waals surface area contributed by atoms with Crippen LogP contribution in [-0.4, -0.2) is 177 Å². The molecule has 0 aromatic heterocycles. The topological polar surface area (TPSA) is 189 Å². The van der Waals surface area contributed by atoms with Crippen molar-refractivity contribution < 1.29 is 58.7 Å². The lowest BCUT2D eigenvalue weighted by molar-refractivity contribution is -0.963. The molecule has 0 aromatic carbocycles. The number of aliphatic carboxylic acids is 1. The van der Waals surface area contributed by atoms with Gasteiger partial charge < -0.3 is 40.4 Å². The van der Waals surface area contributed by atoms with Crippen LogP contribution < -0.4 is 0 Å². The van der Waals surface area contributed by atoms with E-state index in [-0.39, 0.29) is 40.6 Å². The first kappa shape index (κ1) is 52.7. The van der Waals surface area contributed by atoms with Crippen molar-refractivity contribution in [2.45, 2.75) is 33.6 Å². The van der Waals surface area contributed by atoms with Gasteiger partial charge in [-0.1, -0.05) is 26.3 Å². The van der Waals surface area contributed by atoms with Crippen molar-refractivity contribution in [2.24, 2.45) is 0 Å². The molecule has 1 aliphatic rings. The van der Waals surface area contributed by atoms with Crippen LogP contribution in [0.4, 0.5) is 0 Å². The monoisotopic (exact) mass is 666 g/mol. The molecule has 1 fully saturated rings. The molecule has 1 saturated heterocycles. The third-order valence-electron chi connectivity index (χ3n) is 5.94. The number of amides is 1. The van der Waals surface area contributed by atoms with Gasteiger partial charge >= 0.3 is 23.8 Å². The van der Waals surface area contributed by atoms with Crippen LogP contribution in [0, 0.1) is 0 Å². The number of carbonyl (C=O) groups excluding carboxylic acids is 2. The van der Waals surface area contributed by atoms with Crippen LogP contribution in [0.15, 0.2) is 48.6 Å². The van der Waals surface area contributed by atoms with Gasteiger partial charge in [-0.05, 0) is 55.9 Å². The number of rotatable bonds is 11. The molecule has 1 unspecified atom stereocenters. The smallest absolute Gasteiger partial charge is 0.340 e. The van der Waals surface area contributed by atoms with Crippen molar-refractivity contribution in [2.75, 3.05) is 109 Å². The second-order valence-corrected chi connectivity index (χ2v) is 12.2. The van der Waals surface area contributed by atoms with E-state index in [1.165, 1.54) is 6.92 Å². The number of esters is 1. The van der Waals surface area contributed by atoms with Gasteiger partial charge in [-0.3, -0.25) is 13.7 Å². The Morgan fingerprint density at radius 3 is 1.50 bits per heavy atom. The van der Waals surface area contributed by atoms with Crippen molar-refractivity contribution >= 4 is 17.8 Å². The Balaban J connectivity index is -0.000000155. The van der Waals surface area contributed by atoms with Gasteiger partial charge in [-0.2, -0.15) is 0 Å². The zero-order valence-electron chi connectivity index (χ0n) is 30.6. The lowest BCUT2D eigenvalue weighted by Crippen LogP contribution is -2.56. The molecule has 14 heteroatoms. The number of aliphatic hydroxyl groups excluding tert-OH is 2. The third-order valence-corrected chi connectivity index (χ3v) is 5.94. The van der Waals surface area contributed by atoms with Crippen molar-refractivity contribution in [3.8, 4) is 0 Å². The normalized spacial score (nSPS) is 15.8. The van der Waals surface area contributed by atoms with Crippen molar-refractivity contribution in [3.63, 3.8) is 0 Å². The zero-order chi connectivity index (χ0) is 36.8. The Kier molecular flexibility index (Phi) is 30.1. The summed E-state index contributed by atoms with van der Waals surface area (Å²) in [5, 5.41) is 34.7. The van der Waals surface area contributed by atoms with Crippen molar-refractivity contribution in [1.29, 1.82) is 0 Å². The summed E-state index contributed by atoms with van der Waals surface area (Å²) in [5.41, 5.74) is 1.82. The standard InChI is InChI=1S/C8H16NO2.C8H15NO2.C8H16NO2.C4H11NO.C4H6O2.H2O/c1-7(2)8(10)9(3,4)5-6-11-8;1-7(2)8(10)11-6-5-9(3)4;1-7(2)8(11)9(3,4)5-6-10;1-5(2)3-4-6;1-3(2)4(5)6;/h10H,1,5-6H2,2-4H3;1,5-6H2,2-4H3;10H,1,5-6H2,2-4H3;6H,3-4H2,1-2H3;1H2,2H3,(H,5,6);1H2/q+1;;+1;;;. The van der Waals surface area contributed by atoms with Crippen LogP contribution >= 0.6 is 0 Å². The van der Waals surface area contributed by atoms with Crippen LogP contribution in [-0.2, 0) is 23.9 Å². The fourth-order valence-electron chi connectivity index (χ4n) is 2.89. The number of likely N-dealkylation sites (N-methyl/N-ethyl adjacent to an activating group) is 4. The molecule has 14 nitrogen and oxygen atoms in total. The van der Waals surface area contributed by atoms with Gasteiger partial charge in [0.1, 0.15) is 26.3 Å². The number of quaternary nitrogens is 2. The van der Waals surface area contributed by atoms with Gasteiger partial charge in [0.05, 0.1) is 41.4 Å². The summed E-state index contributed by atoms with van der Waals surface area (Å²) >= 11 is 0. The summed E-state index contributed by atoms with van der Waals surface area (Å²) < 4.78 is 10.7. The largest absolute Gasteiger partial charge is 0.478 e. The molecular formula is C32H66N4O10+2. The second-order valence-electron chi connectivity index (χ2n) is 12.2. The maximum atomic E-state index is 11.3. The van der Waals surface area contributed by atoms with E-state index in [9.17, 15) is 19.5 Å². The Morgan fingerprint density at radius 2 is 1.30 bits per heavy atom. The Hall–Kier alpha value is -2.79. The minimum Gasteiger partial charge on any atom is -0.478 e. The van der Waals surface area contributed by atoms with E-state index in [0.29, 0.717) is 41.0 Å². The first-order chi connectivity index (χ1) is 20.3. The first-order valence-corrected chi connectivity index (χ1v) is 14.4. The molecule has 1 rings (SSSR count). The molecule has 1 atom stereocenters. The molecule has 0 saturated carbocycles. The lowest BCUT2D eigenvalue weighted by atomic mass is 10.2. The van der Waals surface area contributed by atoms with Gasteiger partial charge in [0, 0.05) is 35.4 Å². The molecule has 1 aliphatic heterocycles. The molecule has 1 amide bonds. The number of hydrogen-bond donors (Lipinski definition) is 4. The van der Waals surface area contributed by atoms with Gasteiger partial charge in [0.25, 0.3) is 0 Å². The predicted octanol–water partition coefficient (Wildman–Crippen LogP) is 0.503. The molecule has 0 radical (unpaired) electrons. The van der Waals surface area contributed by atoms with Crippen LogP contribution in [0.25, 0.3) is 0 Å². The van der Waals surface area contributed by atoms with E-state index in [0.717, 1.165) is 19.6 Å². The third kappa shape index (κ3) is 25.4. The van der Waals surface area contributed by atoms with Crippen LogP contribution in [0.5, 0.6) is 0 Å². The summed E-state index contributed by atoms with van der Waals surface area (Å²) in [5.74, 6) is -2.44. The number of carboxylic acids is 1. The Labute approximate surface area is 277 Å². The lowest BCUT2D eigenvalue weighted by Gasteiger charge is -2.36. The summed E-state index contributed by atoms with van der Waals surface area (Å²) in [6.45, 7) is 24.5. The van der Waals surface area contributed by atoms with E-state index in [2.05, 4.69) is 26.3 Å².